The molecule has 1 aromatic carbocycles. The predicted octanol–water partition coefficient (Wildman–Crippen LogP) is 6.53. The normalized spacial score (nSPS) is 10.8. The fourth-order valence-corrected chi connectivity index (χ4v) is 3.07. The van der Waals surface area contributed by atoms with Gasteiger partial charge in [-0.25, -0.2) is 4.39 Å². The SMILES string of the molecule is CCCCCCCCCCCCCCOc1ccc(CC(=O)O)cc1F. The molecule has 0 amide bonds. The van der Waals surface area contributed by atoms with Gasteiger partial charge in [-0.3, -0.25) is 4.79 Å². The van der Waals surface area contributed by atoms with E-state index in [0.29, 0.717) is 12.2 Å². The molecule has 1 aromatic rings. The van der Waals surface area contributed by atoms with Gasteiger partial charge in [0.1, 0.15) is 0 Å². The molecule has 0 saturated heterocycles. The van der Waals surface area contributed by atoms with Crippen LogP contribution < -0.4 is 4.74 Å². The highest BCUT2D eigenvalue weighted by Gasteiger charge is 2.07. The van der Waals surface area contributed by atoms with Gasteiger partial charge in [-0.05, 0) is 24.1 Å². The Hall–Kier alpha value is -1.58. The first-order valence-corrected chi connectivity index (χ1v) is 10.3. The number of unbranched alkanes of at least 4 members (excludes halogenated alkanes) is 11. The predicted molar refractivity (Wildman–Crippen MR) is 104 cm³/mol. The van der Waals surface area contributed by atoms with Crippen LogP contribution in [0.5, 0.6) is 5.75 Å². The average molecular weight is 367 g/mol. The molecule has 3 nitrogen and oxygen atoms in total. The van der Waals surface area contributed by atoms with Crippen LogP contribution in [0.4, 0.5) is 4.39 Å². The van der Waals surface area contributed by atoms with E-state index in [1.807, 2.05) is 0 Å². The molecule has 0 saturated carbocycles. The molecule has 0 spiro atoms. The summed E-state index contributed by atoms with van der Waals surface area (Å²) in [5.41, 5.74) is 0.452. The summed E-state index contributed by atoms with van der Waals surface area (Å²) in [4.78, 5) is 10.6. The van der Waals surface area contributed by atoms with Crippen molar-refractivity contribution in [1.29, 1.82) is 0 Å². The maximum atomic E-state index is 13.8. The van der Waals surface area contributed by atoms with E-state index in [4.69, 9.17) is 9.84 Å². The number of ether oxygens (including phenoxy) is 1. The third kappa shape index (κ3) is 11.1. The van der Waals surface area contributed by atoms with Gasteiger partial charge in [-0.15, -0.1) is 0 Å². The van der Waals surface area contributed by atoms with Gasteiger partial charge in [0.25, 0.3) is 0 Å². The van der Waals surface area contributed by atoms with Gasteiger partial charge in [0.15, 0.2) is 11.6 Å². The molecule has 4 heteroatoms. The van der Waals surface area contributed by atoms with Crippen molar-refractivity contribution in [3.63, 3.8) is 0 Å². The highest BCUT2D eigenvalue weighted by Crippen LogP contribution is 2.19. The molecule has 0 atom stereocenters. The van der Waals surface area contributed by atoms with Gasteiger partial charge in [0, 0.05) is 0 Å². The van der Waals surface area contributed by atoms with Gasteiger partial charge >= 0.3 is 5.97 Å². The zero-order valence-corrected chi connectivity index (χ0v) is 16.3. The Balaban J connectivity index is 1.98. The first-order chi connectivity index (χ1) is 12.6. The summed E-state index contributed by atoms with van der Waals surface area (Å²) in [6.45, 7) is 2.76. The fraction of sp³-hybridized carbons (Fsp3) is 0.682. The van der Waals surface area contributed by atoms with E-state index in [1.165, 1.54) is 76.3 Å². The second kappa shape index (κ2) is 14.6. The molecule has 0 radical (unpaired) electrons. The lowest BCUT2D eigenvalue weighted by molar-refractivity contribution is -0.136. The van der Waals surface area contributed by atoms with Gasteiger partial charge in [-0.2, -0.15) is 0 Å². The molecule has 0 fully saturated rings. The van der Waals surface area contributed by atoms with Crippen LogP contribution in [0.3, 0.4) is 0 Å². The quantitative estimate of drug-likeness (QED) is 0.338. The molecule has 0 heterocycles. The summed E-state index contributed by atoms with van der Waals surface area (Å²) in [5.74, 6) is -1.24. The first kappa shape index (κ1) is 22.5. The summed E-state index contributed by atoms with van der Waals surface area (Å²) >= 11 is 0. The Labute approximate surface area is 158 Å². The van der Waals surface area contributed by atoms with Crippen LogP contribution in [0, 0.1) is 5.82 Å². The van der Waals surface area contributed by atoms with Crippen LogP contribution in [0.15, 0.2) is 18.2 Å². The second-order valence-corrected chi connectivity index (χ2v) is 7.07. The number of hydrogen-bond donors (Lipinski definition) is 1. The van der Waals surface area contributed by atoms with Crippen LogP contribution in [0.2, 0.25) is 0 Å². The van der Waals surface area contributed by atoms with E-state index in [2.05, 4.69) is 6.92 Å². The summed E-state index contributed by atoms with van der Waals surface area (Å²) in [6, 6.07) is 4.37. The van der Waals surface area contributed by atoms with Gasteiger partial charge in [0.05, 0.1) is 13.0 Å². The maximum absolute atomic E-state index is 13.8. The number of hydrogen-bond acceptors (Lipinski definition) is 2. The van der Waals surface area contributed by atoms with E-state index in [1.54, 1.807) is 6.07 Å². The van der Waals surface area contributed by atoms with Crippen LogP contribution in [0.1, 0.15) is 89.5 Å². The van der Waals surface area contributed by atoms with E-state index >= 15 is 0 Å². The van der Waals surface area contributed by atoms with Crippen LogP contribution in [-0.4, -0.2) is 17.7 Å². The Bertz CT molecular complexity index is 502. The Morgan fingerprint density at radius 3 is 1.96 bits per heavy atom. The molecule has 0 aliphatic heterocycles. The van der Waals surface area contributed by atoms with Crippen LogP contribution in [-0.2, 0) is 11.2 Å². The largest absolute Gasteiger partial charge is 0.491 e. The molecule has 26 heavy (non-hydrogen) atoms. The maximum Gasteiger partial charge on any atom is 0.307 e. The van der Waals surface area contributed by atoms with Crippen LogP contribution >= 0.6 is 0 Å². The molecule has 0 aliphatic carbocycles. The van der Waals surface area contributed by atoms with Crippen molar-refractivity contribution >= 4 is 5.97 Å². The number of carbonyl (C=O) groups is 1. The summed E-state index contributed by atoms with van der Waals surface area (Å²) in [6.07, 6.45) is 15.2. The third-order valence-electron chi connectivity index (χ3n) is 4.61. The van der Waals surface area contributed by atoms with E-state index in [-0.39, 0.29) is 12.2 Å². The summed E-state index contributed by atoms with van der Waals surface area (Å²) in [7, 11) is 0. The standard InChI is InChI=1S/C22H35FO3/c1-2-3-4-5-6-7-8-9-10-11-12-13-16-26-21-15-14-19(17-20(21)23)18-22(24)25/h14-15,17H,2-13,16,18H2,1H3,(H,24,25). The molecule has 0 aliphatic rings. The van der Waals surface area contributed by atoms with E-state index in [0.717, 1.165) is 12.8 Å². The number of carboxylic acids is 1. The molecule has 0 bridgehead atoms. The van der Waals surface area contributed by atoms with Crippen molar-refractivity contribution in [2.24, 2.45) is 0 Å². The topological polar surface area (TPSA) is 46.5 Å². The molecule has 1 N–H and O–H groups in total. The van der Waals surface area contributed by atoms with Gasteiger partial charge in [0.2, 0.25) is 0 Å². The van der Waals surface area contributed by atoms with Crippen molar-refractivity contribution in [2.75, 3.05) is 6.61 Å². The van der Waals surface area contributed by atoms with Crippen LogP contribution in [0.25, 0.3) is 0 Å². The van der Waals surface area contributed by atoms with Crippen molar-refractivity contribution in [3.05, 3.63) is 29.6 Å². The van der Waals surface area contributed by atoms with Crippen molar-refractivity contribution < 1.29 is 19.0 Å². The molecule has 0 unspecified atom stereocenters. The number of benzene rings is 1. The third-order valence-corrected chi connectivity index (χ3v) is 4.61. The highest BCUT2D eigenvalue weighted by molar-refractivity contribution is 5.70. The zero-order valence-electron chi connectivity index (χ0n) is 16.3. The lowest BCUT2D eigenvalue weighted by Crippen LogP contribution is -2.03. The number of carboxylic acid groups (broad SMARTS) is 1. The van der Waals surface area contributed by atoms with Gasteiger partial charge in [-0.1, -0.05) is 83.6 Å². The second-order valence-electron chi connectivity index (χ2n) is 7.07. The minimum atomic E-state index is -0.963. The molecular weight excluding hydrogens is 331 g/mol. The molecule has 0 aromatic heterocycles. The Morgan fingerprint density at radius 2 is 1.46 bits per heavy atom. The highest BCUT2D eigenvalue weighted by atomic mass is 19.1. The van der Waals surface area contributed by atoms with E-state index < -0.39 is 11.8 Å². The minimum Gasteiger partial charge on any atom is -0.491 e. The van der Waals surface area contributed by atoms with Crippen molar-refractivity contribution in [3.8, 4) is 5.75 Å². The average Bonchev–Trinajstić information content (AvgIpc) is 2.60. The number of aliphatic carboxylic acids is 1. The van der Waals surface area contributed by atoms with Crippen molar-refractivity contribution in [2.45, 2.75) is 90.4 Å². The van der Waals surface area contributed by atoms with Gasteiger partial charge < -0.3 is 9.84 Å². The fourth-order valence-electron chi connectivity index (χ4n) is 3.07. The summed E-state index contributed by atoms with van der Waals surface area (Å²) < 4.78 is 19.3. The zero-order chi connectivity index (χ0) is 19.0. The minimum absolute atomic E-state index is 0.171. The molecule has 1 rings (SSSR count). The Morgan fingerprint density at radius 1 is 0.923 bits per heavy atom. The first-order valence-electron chi connectivity index (χ1n) is 10.3. The number of halogens is 1. The Kier molecular flexibility index (Phi) is 12.6. The monoisotopic (exact) mass is 366 g/mol. The molecule has 148 valence electrons. The lowest BCUT2D eigenvalue weighted by atomic mass is 10.1. The lowest BCUT2D eigenvalue weighted by Gasteiger charge is -2.08. The summed E-state index contributed by atoms with van der Waals surface area (Å²) in [5, 5.41) is 8.71. The smallest absolute Gasteiger partial charge is 0.307 e. The number of rotatable bonds is 16. The van der Waals surface area contributed by atoms with E-state index in [9.17, 15) is 9.18 Å². The molecular formula is C22H35FO3. The van der Waals surface area contributed by atoms with Crippen molar-refractivity contribution in [1.82, 2.24) is 0 Å².